The number of nitrogens with one attached hydrogen (secondary N) is 1. The molecule has 0 saturated carbocycles. The van der Waals surface area contributed by atoms with Gasteiger partial charge in [0.1, 0.15) is 0 Å². The first-order valence-electron chi connectivity index (χ1n) is 7.12. The van der Waals surface area contributed by atoms with Crippen molar-refractivity contribution < 1.29 is 4.74 Å². The minimum absolute atomic E-state index is 0.333. The third-order valence-corrected chi connectivity index (χ3v) is 3.54. The largest absolute Gasteiger partial charge is 0.383 e. The molecular formula is C13H22N6O3. The van der Waals surface area contributed by atoms with E-state index in [9.17, 15) is 9.59 Å². The number of anilines is 1. The lowest BCUT2D eigenvalue weighted by atomic mass is 10.4. The highest BCUT2D eigenvalue weighted by Gasteiger charge is 2.18. The van der Waals surface area contributed by atoms with Crippen LogP contribution in [-0.2, 0) is 25.4 Å². The van der Waals surface area contributed by atoms with Gasteiger partial charge in [-0.05, 0) is 13.0 Å². The van der Waals surface area contributed by atoms with Crippen LogP contribution in [0.2, 0.25) is 0 Å². The number of hydrogen-bond acceptors (Lipinski definition) is 6. The zero-order valence-corrected chi connectivity index (χ0v) is 13.1. The molecule has 0 aliphatic heterocycles. The van der Waals surface area contributed by atoms with Gasteiger partial charge in [-0.3, -0.25) is 13.9 Å². The molecule has 2 heterocycles. The fourth-order valence-electron chi connectivity index (χ4n) is 2.27. The van der Waals surface area contributed by atoms with Gasteiger partial charge in [-0.1, -0.05) is 0 Å². The first kappa shape index (κ1) is 16.2. The van der Waals surface area contributed by atoms with Gasteiger partial charge in [0.2, 0.25) is 5.95 Å². The number of fused-ring (bicyclic) bond motifs is 1. The van der Waals surface area contributed by atoms with E-state index in [4.69, 9.17) is 10.5 Å². The van der Waals surface area contributed by atoms with Gasteiger partial charge in [-0.2, -0.15) is 4.98 Å². The molecule has 2 aromatic rings. The Kier molecular flexibility index (Phi) is 4.99. The highest BCUT2D eigenvalue weighted by molar-refractivity contribution is 5.74. The van der Waals surface area contributed by atoms with Crippen LogP contribution in [0.3, 0.4) is 0 Å². The van der Waals surface area contributed by atoms with Crippen LogP contribution >= 0.6 is 0 Å². The Hall–Kier alpha value is -2.13. The molecule has 0 aliphatic rings. The predicted molar refractivity (Wildman–Crippen MR) is 84.3 cm³/mol. The Bertz CT molecular complexity index is 773. The number of rotatable bonds is 7. The van der Waals surface area contributed by atoms with Crippen LogP contribution in [0.4, 0.5) is 5.95 Å². The zero-order chi connectivity index (χ0) is 16.3. The van der Waals surface area contributed by atoms with Crippen LogP contribution in [0.15, 0.2) is 9.59 Å². The number of aromatic nitrogens is 4. The van der Waals surface area contributed by atoms with Crippen molar-refractivity contribution in [3.63, 3.8) is 0 Å². The fourth-order valence-corrected chi connectivity index (χ4v) is 2.27. The van der Waals surface area contributed by atoms with Crippen LogP contribution in [-0.4, -0.2) is 45.5 Å². The molecule has 0 aliphatic carbocycles. The second-order valence-electron chi connectivity index (χ2n) is 5.03. The fraction of sp³-hybridized carbons (Fsp3) is 0.615. The van der Waals surface area contributed by atoms with Crippen LogP contribution < -0.4 is 22.3 Å². The summed E-state index contributed by atoms with van der Waals surface area (Å²) in [7, 11) is 4.76. The molecule has 0 spiro atoms. The van der Waals surface area contributed by atoms with E-state index in [0.29, 0.717) is 43.4 Å². The Morgan fingerprint density at radius 3 is 2.64 bits per heavy atom. The normalized spacial score (nSPS) is 11.3. The lowest BCUT2D eigenvalue weighted by Gasteiger charge is -2.08. The molecule has 22 heavy (non-hydrogen) atoms. The SMILES string of the molecule is COCCn1c(=O)n(C)c(=O)c2c1nc(NCCCN)n2C. The average Bonchev–Trinajstić information content (AvgIpc) is 2.82. The Morgan fingerprint density at radius 1 is 1.27 bits per heavy atom. The maximum Gasteiger partial charge on any atom is 0.332 e. The molecule has 122 valence electrons. The van der Waals surface area contributed by atoms with Crippen molar-refractivity contribution in [3.05, 3.63) is 20.8 Å². The monoisotopic (exact) mass is 310 g/mol. The van der Waals surface area contributed by atoms with Crippen molar-refractivity contribution in [2.75, 3.05) is 32.1 Å². The number of hydrogen-bond donors (Lipinski definition) is 2. The summed E-state index contributed by atoms with van der Waals surface area (Å²) in [5.41, 5.74) is 5.45. The third kappa shape index (κ3) is 2.77. The summed E-state index contributed by atoms with van der Waals surface area (Å²) < 4.78 is 9.23. The summed E-state index contributed by atoms with van der Waals surface area (Å²) in [5, 5.41) is 3.13. The van der Waals surface area contributed by atoms with Gasteiger partial charge >= 0.3 is 5.69 Å². The number of imidazole rings is 1. The molecule has 0 fully saturated rings. The first-order chi connectivity index (χ1) is 10.5. The quantitative estimate of drug-likeness (QED) is 0.624. The molecule has 9 nitrogen and oxygen atoms in total. The number of ether oxygens (including phenoxy) is 1. The summed E-state index contributed by atoms with van der Waals surface area (Å²) in [6, 6.07) is 0. The standard InChI is InChI=1S/C13H22N6O3/c1-17-9-10(16-12(17)15-6-4-5-14)19(7-8-22-3)13(21)18(2)11(9)20/h4-8,14H2,1-3H3,(H,15,16). The lowest BCUT2D eigenvalue weighted by Crippen LogP contribution is -2.39. The zero-order valence-electron chi connectivity index (χ0n) is 13.1. The number of nitrogens with two attached hydrogens (primary N) is 1. The topological polar surface area (TPSA) is 109 Å². The van der Waals surface area contributed by atoms with Gasteiger partial charge in [0.25, 0.3) is 5.56 Å². The molecule has 0 saturated heterocycles. The smallest absolute Gasteiger partial charge is 0.332 e. The summed E-state index contributed by atoms with van der Waals surface area (Å²) >= 11 is 0. The van der Waals surface area contributed by atoms with Crippen LogP contribution in [0.25, 0.3) is 11.2 Å². The van der Waals surface area contributed by atoms with E-state index < -0.39 is 5.69 Å². The van der Waals surface area contributed by atoms with Crippen molar-refractivity contribution >= 4 is 17.1 Å². The van der Waals surface area contributed by atoms with Crippen LogP contribution in [0.1, 0.15) is 6.42 Å². The molecule has 0 atom stereocenters. The predicted octanol–water partition coefficient (Wildman–Crippen LogP) is -1.16. The molecule has 0 aromatic carbocycles. The summed E-state index contributed by atoms with van der Waals surface area (Å²) in [4.78, 5) is 29.0. The minimum atomic E-state index is -0.402. The molecular weight excluding hydrogens is 288 g/mol. The highest BCUT2D eigenvalue weighted by Crippen LogP contribution is 2.13. The van der Waals surface area contributed by atoms with Crippen molar-refractivity contribution in [2.45, 2.75) is 13.0 Å². The van der Waals surface area contributed by atoms with E-state index in [0.717, 1.165) is 11.0 Å². The van der Waals surface area contributed by atoms with Crippen molar-refractivity contribution in [3.8, 4) is 0 Å². The van der Waals surface area contributed by atoms with Crippen LogP contribution in [0.5, 0.6) is 0 Å². The van der Waals surface area contributed by atoms with Gasteiger partial charge in [-0.25, -0.2) is 4.79 Å². The van der Waals surface area contributed by atoms with E-state index in [1.54, 1.807) is 18.7 Å². The number of nitrogens with zero attached hydrogens (tertiary/aromatic N) is 4. The van der Waals surface area contributed by atoms with Gasteiger partial charge < -0.3 is 20.4 Å². The highest BCUT2D eigenvalue weighted by atomic mass is 16.5. The van der Waals surface area contributed by atoms with Crippen molar-refractivity contribution in [1.82, 2.24) is 18.7 Å². The Balaban J connectivity index is 2.61. The van der Waals surface area contributed by atoms with E-state index in [1.807, 2.05) is 0 Å². The second kappa shape index (κ2) is 6.75. The van der Waals surface area contributed by atoms with E-state index in [2.05, 4.69) is 10.3 Å². The van der Waals surface area contributed by atoms with Gasteiger partial charge in [0.15, 0.2) is 11.2 Å². The minimum Gasteiger partial charge on any atom is -0.383 e. The van der Waals surface area contributed by atoms with Gasteiger partial charge in [-0.15, -0.1) is 0 Å². The van der Waals surface area contributed by atoms with E-state index >= 15 is 0 Å². The summed E-state index contributed by atoms with van der Waals surface area (Å²) in [5.74, 6) is 0.539. The molecule has 0 bridgehead atoms. The second-order valence-corrected chi connectivity index (χ2v) is 5.03. The van der Waals surface area contributed by atoms with Crippen LogP contribution in [0, 0.1) is 0 Å². The van der Waals surface area contributed by atoms with E-state index in [-0.39, 0.29) is 5.56 Å². The lowest BCUT2D eigenvalue weighted by molar-refractivity contribution is 0.186. The van der Waals surface area contributed by atoms with Crippen molar-refractivity contribution in [2.24, 2.45) is 19.8 Å². The number of aryl methyl sites for hydroxylation is 1. The molecule has 0 unspecified atom stereocenters. The Morgan fingerprint density at radius 2 is 2.00 bits per heavy atom. The summed E-state index contributed by atoms with van der Waals surface area (Å²) in [6.45, 7) is 1.91. The van der Waals surface area contributed by atoms with Gasteiger partial charge in [0.05, 0.1) is 13.2 Å². The molecule has 3 N–H and O–H groups in total. The number of methoxy groups -OCH3 is 1. The third-order valence-electron chi connectivity index (χ3n) is 3.54. The molecule has 9 heteroatoms. The van der Waals surface area contributed by atoms with E-state index in [1.165, 1.54) is 11.6 Å². The average molecular weight is 310 g/mol. The van der Waals surface area contributed by atoms with Gasteiger partial charge in [0, 0.05) is 27.7 Å². The Labute approximate surface area is 127 Å². The molecule has 2 aromatic heterocycles. The van der Waals surface area contributed by atoms with Crippen molar-refractivity contribution in [1.29, 1.82) is 0 Å². The molecule has 0 radical (unpaired) electrons. The molecule has 2 rings (SSSR count). The maximum absolute atomic E-state index is 12.3. The first-order valence-corrected chi connectivity index (χ1v) is 7.12. The summed E-state index contributed by atoms with van der Waals surface area (Å²) in [6.07, 6.45) is 0.789. The molecule has 0 amide bonds. The maximum atomic E-state index is 12.3.